The lowest BCUT2D eigenvalue weighted by atomic mass is 9.98. The molecule has 0 atom stereocenters. The number of rotatable bonds is 4. The largest absolute Gasteiger partial charge is 0.272 e. The Balaban J connectivity index is 1.55. The molecule has 3 aromatic carbocycles. The van der Waals surface area contributed by atoms with Gasteiger partial charge in [0.2, 0.25) is 5.69 Å². The minimum absolute atomic E-state index is 0.0860. The number of hydrogen-bond donors (Lipinski definition) is 1. The van der Waals surface area contributed by atoms with E-state index in [1.807, 2.05) is 0 Å². The predicted molar refractivity (Wildman–Crippen MR) is 142 cm³/mol. The maximum Gasteiger partial charge on any atom is 0.272 e. The molecule has 9 nitrogen and oxygen atoms in total. The van der Waals surface area contributed by atoms with Crippen molar-refractivity contribution in [2.75, 3.05) is 0 Å². The van der Waals surface area contributed by atoms with E-state index in [4.69, 9.17) is 20.9 Å². The van der Waals surface area contributed by atoms with E-state index in [2.05, 4.69) is 20.1 Å². The second-order valence-electron chi connectivity index (χ2n) is 8.54. The molecule has 2 aromatic heterocycles. The Labute approximate surface area is 223 Å². The number of benzene rings is 3. The number of nitrogens with one attached hydrogen (secondary N) is 1. The minimum Gasteiger partial charge on any atom is -0.269 e. The molecule has 0 fully saturated rings. The van der Waals surface area contributed by atoms with Gasteiger partial charge in [-0.15, -0.1) is 0 Å². The highest BCUT2D eigenvalue weighted by atomic mass is 35.5. The Kier molecular flexibility index (Phi) is 4.87. The summed E-state index contributed by atoms with van der Waals surface area (Å²) in [6.45, 7) is 4.92. The van der Waals surface area contributed by atoms with E-state index >= 15 is 0 Å². The molecule has 0 radical (unpaired) electrons. The molecule has 6 rings (SSSR count). The molecule has 3 heterocycles. The number of aromatic nitrogens is 4. The van der Waals surface area contributed by atoms with Gasteiger partial charge in [-0.25, -0.2) is 9.94 Å². The fourth-order valence-corrected chi connectivity index (χ4v) is 4.82. The first kappa shape index (κ1) is 21.1. The molecule has 0 spiro atoms. The number of aromatic amines is 1. The molecule has 1 N–H and O–H groups in total. The smallest absolute Gasteiger partial charge is 0.269 e. The van der Waals surface area contributed by atoms with Crippen molar-refractivity contribution >= 4 is 39.9 Å². The van der Waals surface area contributed by atoms with Crippen LogP contribution in [0, 0.1) is 6.57 Å². The summed E-state index contributed by atoms with van der Waals surface area (Å²) < 4.78 is 19.4. The Morgan fingerprint density at radius 2 is 1.68 bits per heavy atom. The average molecular weight is 523 g/mol. The Morgan fingerprint density at radius 3 is 2.39 bits per heavy atom. The molecule has 0 aliphatic carbocycles. The second-order valence-corrected chi connectivity index (χ2v) is 8.95. The summed E-state index contributed by atoms with van der Waals surface area (Å²) in [6.07, 6.45) is 1.59. The number of nitrogens with zero attached hydrogens (tertiary/aromatic N) is 5. The molecule has 0 saturated carbocycles. The fraction of sp³-hybridized carbons (Fsp3) is 0.0714. The molecular formula is C28H17ClN6O3. The van der Waals surface area contributed by atoms with Crippen LogP contribution in [0.1, 0.15) is 29.2 Å². The topological polar surface area (TPSA) is 105 Å². The number of hydrogen-bond acceptors (Lipinski definition) is 5. The zero-order valence-electron chi connectivity index (χ0n) is 21.7. The van der Waals surface area contributed by atoms with Crippen LogP contribution >= 0.6 is 11.6 Å². The molecule has 10 heteroatoms. The van der Waals surface area contributed by atoms with Gasteiger partial charge in [-0.05, 0) is 29.8 Å². The van der Waals surface area contributed by atoms with Crippen LogP contribution < -0.4 is 5.56 Å². The third kappa shape index (κ3) is 3.50. The summed E-state index contributed by atoms with van der Waals surface area (Å²) in [7, 11) is 1.72. The van der Waals surface area contributed by atoms with E-state index in [9.17, 15) is 14.4 Å². The molecule has 5 aromatic rings. The first-order chi connectivity index (χ1) is 19.1. The van der Waals surface area contributed by atoms with E-state index in [0.717, 1.165) is 0 Å². The van der Waals surface area contributed by atoms with Crippen molar-refractivity contribution in [3.8, 4) is 22.4 Å². The molecule has 2 amide bonds. The summed E-state index contributed by atoms with van der Waals surface area (Å²) >= 11 is 6.29. The van der Waals surface area contributed by atoms with Crippen LogP contribution in [0.4, 0.5) is 5.69 Å². The van der Waals surface area contributed by atoms with Crippen LogP contribution in [0.25, 0.3) is 38.0 Å². The van der Waals surface area contributed by atoms with Crippen molar-refractivity contribution in [3.63, 3.8) is 0 Å². The van der Waals surface area contributed by atoms with E-state index in [1.54, 1.807) is 60.4 Å². The number of halogens is 1. The fourth-order valence-electron chi connectivity index (χ4n) is 4.60. The molecule has 38 heavy (non-hydrogen) atoms. The number of imide groups is 1. The van der Waals surface area contributed by atoms with E-state index in [1.165, 1.54) is 18.2 Å². The van der Waals surface area contributed by atoms with Crippen LogP contribution in [0.2, 0.25) is 5.02 Å². The summed E-state index contributed by atoms with van der Waals surface area (Å²) in [5.41, 5.74) is 1.79. The minimum atomic E-state index is -2.71. The average Bonchev–Trinajstić information content (AvgIpc) is 3.45. The molecule has 0 unspecified atom stereocenters. The monoisotopic (exact) mass is 522 g/mol. The van der Waals surface area contributed by atoms with Gasteiger partial charge >= 0.3 is 0 Å². The van der Waals surface area contributed by atoms with Crippen molar-refractivity contribution in [2.45, 2.75) is 6.50 Å². The van der Waals surface area contributed by atoms with Crippen molar-refractivity contribution in [1.29, 1.82) is 0 Å². The lowest BCUT2D eigenvalue weighted by molar-refractivity contribution is 0.0640. The number of H-pyrrole nitrogens is 1. The number of amides is 2. The Bertz CT molecular complexity index is 1970. The normalized spacial score (nSPS) is 13.9. The Morgan fingerprint density at radius 1 is 0.974 bits per heavy atom. The number of carbonyl (C=O) groups excluding carboxylic acids is 2. The van der Waals surface area contributed by atoms with E-state index in [0.29, 0.717) is 27.3 Å². The maximum atomic E-state index is 13.1. The van der Waals surface area contributed by atoms with Gasteiger partial charge in [0.25, 0.3) is 17.4 Å². The number of fused-ring (bicyclic) bond motifs is 2. The molecule has 1 aliphatic rings. The molecule has 0 saturated heterocycles. The van der Waals surface area contributed by atoms with Gasteiger partial charge in [0.15, 0.2) is 0 Å². The predicted octanol–water partition coefficient (Wildman–Crippen LogP) is 4.99. The summed E-state index contributed by atoms with van der Waals surface area (Å²) in [5.74, 6) is -1.60. The van der Waals surface area contributed by atoms with Gasteiger partial charge in [-0.3, -0.25) is 24.0 Å². The second kappa shape index (κ2) is 8.80. The highest BCUT2D eigenvalue weighted by Crippen LogP contribution is 2.41. The van der Waals surface area contributed by atoms with Gasteiger partial charge < -0.3 is 0 Å². The molecule has 0 bridgehead atoms. The van der Waals surface area contributed by atoms with Crippen LogP contribution in [-0.4, -0.2) is 36.7 Å². The standard InChI is InChI=1S/C28H17ClN6O3/c1-30-24-19(8-5-9-22(24)29)25-21(13-31-34(25)2)15-10-11-16-20(12-15)23(32-33-26(16)36)14-35-27(37)17-6-3-4-7-18(17)28(35)38/h3-13H,14H2,2H3,(H,33,36)/i14D2. The highest BCUT2D eigenvalue weighted by Gasteiger charge is 2.35. The molecular weight excluding hydrogens is 504 g/mol. The van der Waals surface area contributed by atoms with Crippen molar-refractivity contribution in [2.24, 2.45) is 7.05 Å². The number of aryl methyl sites for hydroxylation is 1. The molecule has 1 aliphatic heterocycles. The van der Waals surface area contributed by atoms with Gasteiger partial charge in [0.05, 0.1) is 49.9 Å². The highest BCUT2D eigenvalue weighted by molar-refractivity contribution is 6.34. The van der Waals surface area contributed by atoms with Crippen molar-refractivity contribution in [1.82, 2.24) is 24.9 Å². The zero-order chi connectivity index (χ0) is 28.3. The first-order valence-corrected chi connectivity index (χ1v) is 11.7. The summed E-state index contributed by atoms with van der Waals surface area (Å²) in [6, 6.07) is 15.9. The first-order valence-electron chi connectivity index (χ1n) is 12.3. The number of para-hydroxylation sites is 1. The van der Waals surface area contributed by atoms with E-state index in [-0.39, 0.29) is 38.3 Å². The van der Waals surface area contributed by atoms with Gasteiger partial charge in [0.1, 0.15) is 0 Å². The van der Waals surface area contributed by atoms with Gasteiger partial charge in [-0.2, -0.15) is 10.2 Å². The quantitative estimate of drug-likeness (QED) is 0.264. The molecule has 184 valence electrons. The van der Waals surface area contributed by atoms with Crippen LogP contribution in [-0.2, 0) is 13.5 Å². The lowest BCUT2D eigenvalue weighted by Gasteiger charge is -2.15. The van der Waals surface area contributed by atoms with Crippen molar-refractivity contribution < 1.29 is 12.3 Å². The van der Waals surface area contributed by atoms with Crippen LogP contribution in [0.15, 0.2) is 71.7 Å². The number of carbonyl (C=O) groups is 2. The summed E-state index contributed by atoms with van der Waals surface area (Å²) in [4.78, 5) is 43.1. The maximum absolute atomic E-state index is 13.1. The van der Waals surface area contributed by atoms with Gasteiger partial charge in [0, 0.05) is 28.6 Å². The third-order valence-corrected chi connectivity index (χ3v) is 6.71. The van der Waals surface area contributed by atoms with Gasteiger partial charge in [-0.1, -0.05) is 48.0 Å². The van der Waals surface area contributed by atoms with Crippen LogP contribution in [0.3, 0.4) is 0 Å². The summed E-state index contributed by atoms with van der Waals surface area (Å²) in [5, 5.41) is 11.1. The zero-order valence-corrected chi connectivity index (χ0v) is 20.4. The Hall–Kier alpha value is -5.07. The SMILES string of the molecule is [2H]C([2H])(c1n[nH]c(=O)c2ccc(-c3cnn(C)c3-c3cccc(Cl)c3[N+]#[C-])cc12)N1C(=O)c2ccccc2C1=O. The van der Waals surface area contributed by atoms with E-state index < -0.39 is 23.9 Å². The van der Waals surface area contributed by atoms with Crippen LogP contribution in [0.5, 0.6) is 0 Å². The van der Waals surface area contributed by atoms with Crippen molar-refractivity contribution in [3.05, 3.63) is 110 Å². The third-order valence-electron chi connectivity index (χ3n) is 6.40. The lowest BCUT2D eigenvalue weighted by Crippen LogP contribution is -2.30.